The first kappa shape index (κ1) is 14.9. The van der Waals surface area contributed by atoms with Crippen molar-refractivity contribution in [1.82, 2.24) is 0 Å². The van der Waals surface area contributed by atoms with E-state index >= 15 is 0 Å². The van der Waals surface area contributed by atoms with E-state index in [0.717, 1.165) is 6.07 Å². The van der Waals surface area contributed by atoms with Crippen LogP contribution in [0.2, 0.25) is 10.0 Å². The Kier molecular flexibility index (Phi) is 4.32. The molecule has 19 heavy (non-hydrogen) atoms. The number of rotatable bonds is 1. The second kappa shape index (κ2) is 5.50. The van der Waals surface area contributed by atoms with Crippen molar-refractivity contribution in [2.24, 2.45) is 0 Å². The first-order chi connectivity index (χ1) is 8.79. The summed E-state index contributed by atoms with van der Waals surface area (Å²) in [6, 6.07) is 8.82. The second-order valence-corrected chi connectivity index (χ2v) is 5.82. The zero-order valence-electron chi connectivity index (χ0n) is 9.23. The Bertz CT molecular complexity index is 624. The normalized spacial score (nSPS) is 11.7. The molecule has 6 heteroatoms. The molecule has 2 aromatic rings. The lowest BCUT2D eigenvalue weighted by Crippen LogP contribution is -2.07. The third-order valence-electron chi connectivity index (χ3n) is 2.51. The molecule has 0 unspecified atom stereocenters. The van der Waals surface area contributed by atoms with Gasteiger partial charge in [0.2, 0.25) is 0 Å². The van der Waals surface area contributed by atoms with Gasteiger partial charge in [0.25, 0.3) is 0 Å². The van der Waals surface area contributed by atoms with Gasteiger partial charge in [-0.2, -0.15) is 13.2 Å². The summed E-state index contributed by atoms with van der Waals surface area (Å²) >= 11 is 13.4. The highest BCUT2D eigenvalue weighted by molar-refractivity contribution is 14.1. The summed E-state index contributed by atoms with van der Waals surface area (Å²) in [5, 5.41) is 0.761. The zero-order chi connectivity index (χ0) is 14.2. The lowest BCUT2D eigenvalue weighted by molar-refractivity contribution is -0.138. The molecule has 0 saturated heterocycles. The van der Waals surface area contributed by atoms with Crippen LogP contribution in [0.15, 0.2) is 36.4 Å². The zero-order valence-corrected chi connectivity index (χ0v) is 12.9. The maximum atomic E-state index is 12.9. The fourth-order valence-corrected chi connectivity index (χ4v) is 2.79. The summed E-state index contributed by atoms with van der Waals surface area (Å²) in [4.78, 5) is 0. The van der Waals surface area contributed by atoms with Gasteiger partial charge < -0.3 is 0 Å². The highest BCUT2D eigenvalue weighted by atomic mass is 127. The Morgan fingerprint density at radius 3 is 2.21 bits per heavy atom. The lowest BCUT2D eigenvalue weighted by atomic mass is 10.0. The molecule has 0 nitrogen and oxygen atoms in total. The number of alkyl halides is 3. The molecule has 0 atom stereocenters. The summed E-state index contributed by atoms with van der Waals surface area (Å²) in [7, 11) is 0. The van der Waals surface area contributed by atoms with Crippen molar-refractivity contribution in [3.05, 3.63) is 55.6 Å². The molecule has 0 aliphatic carbocycles. The van der Waals surface area contributed by atoms with E-state index in [1.165, 1.54) is 12.1 Å². The van der Waals surface area contributed by atoms with Crippen molar-refractivity contribution in [1.29, 1.82) is 0 Å². The molecule has 0 aliphatic heterocycles. The van der Waals surface area contributed by atoms with E-state index in [1.54, 1.807) is 40.8 Å². The maximum absolute atomic E-state index is 12.9. The smallest absolute Gasteiger partial charge is 0.166 e. The van der Waals surface area contributed by atoms with Crippen LogP contribution in [0.1, 0.15) is 5.56 Å². The Balaban J connectivity index is 2.58. The molecule has 0 radical (unpaired) electrons. The van der Waals surface area contributed by atoms with E-state index < -0.39 is 11.7 Å². The predicted octanol–water partition coefficient (Wildman–Crippen LogP) is 6.28. The third kappa shape index (κ3) is 3.35. The van der Waals surface area contributed by atoms with Crippen molar-refractivity contribution in [3.63, 3.8) is 0 Å². The van der Waals surface area contributed by atoms with Crippen molar-refractivity contribution in [2.45, 2.75) is 6.18 Å². The molecule has 0 saturated carbocycles. The number of hydrogen-bond acceptors (Lipinski definition) is 0. The van der Waals surface area contributed by atoms with Crippen molar-refractivity contribution < 1.29 is 13.2 Å². The van der Waals surface area contributed by atoms with Crippen LogP contribution >= 0.6 is 45.8 Å². The van der Waals surface area contributed by atoms with E-state index in [-0.39, 0.29) is 3.57 Å². The first-order valence-electron chi connectivity index (χ1n) is 5.11. The van der Waals surface area contributed by atoms with E-state index in [1.807, 2.05) is 0 Å². The van der Waals surface area contributed by atoms with Gasteiger partial charge in [0.05, 0.1) is 5.56 Å². The molecular formula is C13H6Cl2F3I. The quantitative estimate of drug-likeness (QED) is 0.479. The van der Waals surface area contributed by atoms with Crippen LogP contribution in [-0.2, 0) is 6.18 Å². The maximum Gasteiger partial charge on any atom is 0.417 e. The van der Waals surface area contributed by atoms with Crippen LogP contribution in [0.5, 0.6) is 0 Å². The monoisotopic (exact) mass is 416 g/mol. The van der Waals surface area contributed by atoms with Gasteiger partial charge in [-0.25, -0.2) is 0 Å². The molecule has 0 spiro atoms. The molecule has 0 heterocycles. The van der Waals surface area contributed by atoms with Gasteiger partial charge in [-0.15, -0.1) is 0 Å². The van der Waals surface area contributed by atoms with Crippen LogP contribution in [0.3, 0.4) is 0 Å². The topological polar surface area (TPSA) is 0 Å². The molecule has 2 rings (SSSR count). The highest BCUT2D eigenvalue weighted by Crippen LogP contribution is 2.37. The van der Waals surface area contributed by atoms with Gasteiger partial charge >= 0.3 is 6.18 Å². The first-order valence-corrected chi connectivity index (χ1v) is 6.94. The van der Waals surface area contributed by atoms with E-state index in [9.17, 15) is 13.2 Å². The molecule has 0 aliphatic rings. The van der Waals surface area contributed by atoms with Crippen LogP contribution in [-0.4, -0.2) is 0 Å². The average molecular weight is 417 g/mol. The Morgan fingerprint density at radius 1 is 0.947 bits per heavy atom. The van der Waals surface area contributed by atoms with E-state index in [0.29, 0.717) is 21.2 Å². The average Bonchev–Trinajstić information content (AvgIpc) is 2.29. The molecule has 0 fully saturated rings. The van der Waals surface area contributed by atoms with Gasteiger partial charge in [0.1, 0.15) is 0 Å². The molecule has 100 valence electrons. The van der Waals surface area contributed by atoms with Crippen molar-refractivity contribution in [3.8, 4) is 11.1 Å². The minimum atomic E-state index is -4.38. The van der Waals surface area contributed by atoms with Crippen LogP contribution < -0.4 is 0 Å². The molecule has 0 amide bonds. The fourth-order valence-electron chi connectivity index (χ4n) is 1.63. The summed E-state index contributed by atoms with van der Waals surface area (Å²) in [6.07, 6.45) is -4.38. The predicted molar refractivity (Wildman–Crippen MR) is 79.6 cm³/mol. The molecule has 2 aromatic carbocycles. The second-order valence-electron chi connectivity index (χ2n) is 3.82. The standard InChI is InChI=1S/C13H6Cl2F3I/c14-8-2-3-9(11(15)6-8)7-1-4-12(19)10(5-7)13(16,17)18/h1-6H. The SMILES string of the molecule is FC(F)(F)c1cc(-c2ccc(Cl)cc2Cl)ccc1I. The van der Waals surface area contributed by atoms with Crippen LogP contribution in [0.25, 0.3) is 11.1 Å². The number of benzene rings is 2. The Labute approximate surface area is 131 Å². The van der Waals surface area contributed by atoms with Gasteiger partial charge in [-0.1, -0.05) is 35.3 Å². The summed E-state index contributed by atoms with van der Waals surface area (Å²) in [6.45, 7) is 0. The van der Waals surface area contributed by atoms with Gasteiger partial charge in [-0.3, -0.25) is 0 Å². The van der Waals surface area contributed by atoms with Crippen LogP contribution in [0, 0.1) is 3.57 Å². The molecule has 0 N–H and O–H groups in total. The minimum absolute atomic E-state index is 0.152. The van der Waals surface area contributed by atoms with E-state index in [4.69, 9.17) is 23.2 Å². The van der Waals surface area contributed by atoms with Gasteiger partial charge in [-0.05, 0) is 52.4 Å². The Morgan fingerprint density at radius 2 is 1.63 bits per heavy atom. The lowest BCUT2D eigenvalue weighted by Gasteiger charge is -2.12. The van der Waals surface area contributed by atoms with Crippen LogP contribution in [0.4, 0.5) is 13.2 Å². The third-order valence-corrected chi connectivity index (χ3v) is 4.00. The van der Waals surface area contributed by atoms with Gasteiger partial charge in [0.15, 0.2) is 0 Å². The number of hydrogen-bond donors (Lipinski definition) is 0. The summed E-state index contributed by atoms with van der Waals surface area (Å²) in [5.74, 6) is 0. The highest BCUT2D eigenvalue weighted by Gasteiger charge is 2.33. The fraction of sp³-hybridized carbons (Fsp3) is 0.0769. The summed E-state index contributed by atoms with van der Waals surface area (Å²) < 4.78 is 38.7. The molecular weight excluding hydrogens is 411 g/mol. The number of halogens is 6. The molecule has 0 bridgehead atoms. The van der Waals surface area contributed by atoms with Gasteiger partial charge in [0, 0.05) is 19.2 Å². The Hall–Kier alpha value is -0.460. The molecule has 0 aromatic heterocycles. The van der Waals surface area contributed by atoms with Crippen molar-refractivity contribution >= 4 is 45.8 Å². The summed E-state index contributed by atoms with van der Waals surface area (Å²) in [5.41, 5.74) is 0.263. The van der Waals surface area contributed by atoms with E-state index in [2.05, 4.69) is 0 Å². The largest absolute Gasteiger partial charge is 0.417 e. The van der Waals surface area contributed by atoms with Crippen molar-refractivity contribution in [2.75, 3.05) is 0 Å². The minimum Gasteiger partial charge on any atom is -0.166 e.